The van der Waals surface area contributed by atoms with E-state index in [1.807, 2.05) is 36.4 Å². The fourth-order valence-corrected chi connectivity index (χ4v) is 2.85. The highest BCUT2D eigenvalue weighted by atomic mass is 19.2. The first kappa shape index (κ1) is 13.0. The summed E-state index contributed by atoms with van der Waals surface area (Å²) < 4.78 is 28.6. The molecule has 2 nitrogen and oxygen atoms in total. The second-order valence-corrected chi connectivity index (χ2v) is 5.22. The predicted molar refractivity (Wildman–Crippen MR) is 82.7 cm³/mol. The number of aromatic nitrogens is 2. The molecule has 4 aromatic rings. The lowest BCUT2D eigenvalue weighted by Gasteiger charge is -2.08. The van der Waals surface area contributed by atoms with Crippen molar-refractivity contribution in [2.24, 2.45) is 0 Å². The normalized spacial score (nSPS) is 11.4. The van der Waals surface area contributed by atoms with Crippen molar-refractivity contribution in [3.63, 3.8) is 0 Å². The Morgan fingerprint density at radius 3 is 2.55 bits per heavy atom. The van der Waals surface area contributed by atoms with Gasteiger partial charge in [-0.3, -0.25) is 4.98 Å². The Morgan fingerprint density at radius 2 is 1.68 bits per heavy atom. The van der Waals surface area contributed by atoms with Crippen LogP contribution in [0.4, 0.5) is 8.78 Å². The summed E-state index contributed by atoms with van der Waals surface area (Å²) in [5.41, 5.74) is 3.64. The minimum absolute atomic E-state index is 0.465. The van der Waals surface area contributed by atoms with Crippen LogP contribution in [-0.4, -0.2) is 9.55 Å². The minimum atomic E-state index is -0.826. The number of hydrogen-bond acceptors (Lipinski definition) is 1. The molecule has 2 heterocycles. The molecule has 108 valence electrons. The third-order valence-corrected chi connectivity index (χ3v) is 3.85. The average Bonchev–Trinajstić information content (AvgIpc) is 2.86. The van der Waals surface area contributed by atoms with Gasteiger partial charge in [0.1, 0.15) is 0 Å². The number of benzene rings is 2. The monoisotopic (exact) mass is 294 g/mol. The van der Waals surface area contributed by atoms with Gasteiger partial charge in [0, 0.05) is 18.1 Å². The Hall–Kier alpha value is -2.75. The van der Waals surface area contributed by atoms with Crippen LogP contribution in [0.3, 0.4) is 0 Å². The van der Waals surface area contributed by atoms with E-state index in [9.17, 15) is 8.78 Å². The highest BCUT2D eigenvalue weighted by Gasteiger charge is 2.11. The van der Waals surface area contributed by atoms with Gasteiger partial charge in [0.2, 0.25) is 0 Å². The zero-order valence-electron chi connectivity index (χ0n) is 11.6. The number of halogens is 2. The van der Waals surface area contributed by atoms with Crippen LogP contribution in [0.25, 0.3) is 21.9 Å². The van der Waals surface area contributed by atoms with E-state index >= 15 is 0 Å². The van der Waals surface area contributed by atoms with Gasteiger partial charge >= 0.3 is 0 Å². The van der Waals surface area contributed by atoms with Crippen LogP contribution in [0.5, 0.6) is 0 Å². The Kier molecular flexibility index (Phi) is 2.89. The number of nitrogens with zero attached hydrogens (tertiary/aromatic N) is 2. The zero-order chi connectivity index (χ0) is 15.1. The smallest absolute Gasteiger partial charge is 0.159 e. The molecule has 0 aliphatic rings. The number of fused-ring (bicyclic) bond motifs is 3. The molecule has 0 radical (unpaired) electrons. The molecular formula is C18H12F2N2. The molecule has 0 saturated heterocycles. The lowest BCUT2D eigenvalue weighted by atomic mass is 10.2. The Bertz CT molecular complexity index is 936. The molecule has 0 N–H and O–H groups in total. The van der Waals surface area contributed by atoms with E-state index < -0.39 is 11.6 Å². The average molecular weight is 294 g/mol. The van der Waals surface area contributed by atoms with Crippen molar-refractivity contribution < 1.29 is 8.78 Å². The molecular weight excluding hydrogens is 282 g/mol. The van der Waals surface area contributed by atoms with Crippen molar-refractivity contribution in [1.29, 1.82) is 0 Å². The second-order valence-electron chi connectivity index (χ2n) is 5.22. The molecule has 22 heavy (non-hydrogen) atoms. The van der Waals surface area contributed by atoms with Gasteiger partial charge in [-0.1, -0.05) is 24.3 Å². The maximum Gasteiger partial charge on any atom is 0.159 e. The molecule has 0 aliphatic carbocycles. The van der Waals surface area contributed by atoms with Crippen LogP contribution < -0.4 is 0 Å². The summed E-state index contributed by atoms with van der Waals surface area (Å²) in [6.45, 7) is 0.465. The summed E-state index contributed by atoms with van der Waals surface area (Å²) in [4.78, 5) is 4.45. The van der Waals surface area contributed by atoms with Crippen LogP contribution in [0, 0.1) is 11.6 Å². The van der Waals surface area contributed by atoms with Gasteiger partial charge < -0.3 is 4.57 Å². The fraction of sp³-hybridized carbons (Fsp3) is 0.0556. The van der Waals surface area contributed by atoms with E-state index in [-0.39, 0.29) is 0 Å². The van der Waals surface area contributed by atoms with E-state index in [1.165, 1.54) is 6.07 Å². The molecule has 0 amide bonds. The lowest BCUT2D eigenvalue weighted by Crippen LogP contribution is -2.00. The molecule has 2 aromatic carbocycles. The quantitative estimate of drug-likeness (QED) is 0.531. The molecule has 0 aliphatic heterocycles. The van der Waals surface area contributed by atoms with Crippen LogP contribution in [0.1, 0.15) is 5.56 Å². The van der Waals surface area contributed by atoms with Crippen molar-refractivity contribution in [1.82, 2.24) is 9.55 Å². The molecule has 2 aromatic heterocycles. The highest BCUT2D eigenvalue weighted by Crippen LogP contribution is 2.28. The van der Waals surface area contributed by atoms with Gasteiger partial charge in [0.05, 0.1) is 16.6 Å². The molecule has 4 heteroatoms. The van der Waals surface area contributed by atoms with Crippen LogP contribution >= 0.6 is 0 Å². The van der Waals surface area contributed by atoms with Crippen LogP contribution in [0.15, 0.2) is 60.8 Å². The summed E-state index contributed by atoms with van der Waals surface area (Å²) in [6, 6.07) is 15.8. The van der Waals surface area contributed by atoms with Crippen molar-refractivity contribution in [3.8, 4) is 0 Å². The summed E-state index contributed by atoms with van der Waals surface area (Å²) in [7, 11) is 0. The molecule has 0 unspecified atom stereocenters. The first-order valence-corrected chi connectivity index (χ1v) is 7.00. The number of rotatable bonds is 2. The van der Waals surface area contributed by atoms with Crippen molar-refractivity contribution >= 4 is 21.9 Å². The SMILES string of the molecule is Fc1ccc(Cn2c3ccccc3c3ncccc32)cc1F. The van der Waals surface area contributed by atoms with Crippen molar-refractivity contribution in [2.75, 3.05) is 0 Å². The number of hydrogen-bond donors (Lipinski definition) is 0. The van der Waals surface area contributed by atoms with E-state index in [1.54, 1.807) is 12.3 Å². The molecule has 0 bridgehead atoms. The molecule has 0 fully saturated rings. The summed E-state index contributed by atoms with van der Waals surface area (Å²) in [6.07, 6.45) is 1.76. The first-order chi connectivity index (χ1) is 10.7. The van der Waals surface area contributed by atoms with Gasteiger partial charge in [-0.15, -0.1) is 0 Å². The molecule has 0 spiro atoms. The Labute approximate surface area is 125 Å². The zero-order valence-corrected chi connectivity index (χ0v) is 11.6. The van der Waals surface area contributed by atoms with E-state index in [0.717, 1.165) is 28.0 Å². The number of pyridine rings is 1. The van der Waals surface area contributed by atoms with Crippen LogP contribution in [-0.2, 0) is 6.54 Å². The summed E-state index contributed by atoms with van der Waals surface area (Å²) in [5.74, 6) is -1.65. The summed E-state index contributed by atoms with van der Waals surface area (Å²) in [5, 5.41) is 1.06. The van der Waals surface area contributed by atoms with Gasteiger partial charge in [0.25, 0.3) is 0 Å². The van der Waals surface area contributed by atoms with Gasteiger partial charge in [-0.2, -0.15) is 0 Å². The lowest BCUT2D eigenvalue weighted by molar-refractivity contribution is 0.506. The Morgan fingerprint density at radius 1 is 0.864 bits per heavy atom. The van der Waals surface area contributed by atoms with Gasteiger partial charge in [-0.25, -0.2) is 8.78 Å². The van der Waals surface area contributed by atoms with E-state index in [0.29, 0.717) is 12.1 Å². The van der Waals surface area contributed by atoms with Crippen molar-refractivity contribution in [2.45, 2.75) is 6.54 Å². The number of para-hydroxylation sites is 1. The van der Waals surface area contributed by atoms with Crippen LogP contribution in [0.2, 0.25) is 0 Å². The maximum atomic E-state index is 13.4. The summed E-state index contributed by atoms with van der Waals surface area (Å²) >= 11 is 0. The standard InChI is InChI=1S/C18H12F2N2/c19-14-8-7-12(10-15(14)20)11-22-16-5-2-1-4-13(16)18-17(22)6-3-9-21-18/h1-10H,11H2. The third kappa shape index (κ3) is 1.96. The largest absolute Gasteiger partial charge is 0.335 e. The minimum Gasteiger partial charge on any atom is -0.335 e. The predicted octanol–water partition coefficient (Wildman–Crippen LogP) is 4.52. The second kappa shape index (κ2) is 4.91. The molecule has 0 atom stereocenters. The molecule has 0 saturated carbocycles. The highest BCUT2D eigenvalue weighted by molar-refractivity contribution is 6.05. The first-order valence-electron chi connectivity index (χ1n) is 7.00. The van der Waals surface area contributed by atoms with Crippen molar-refractivity contribution in [3.05, 3.63) is 78.0 Å². The fourth-order valence-electron chi connectivity index (χ4n) is 2.85. The van der Waals surface area contributed by atoms with E-state index in [4.69, 9.17) is 0 Å². The third-order valence-electron chi connectivity index (χ3n) is 3.85. The maximum absolute atomic E-state index is 13.4. The van der Waals surface area contributed by atoms with Gasteiger partial charge in [0.15, 0.2) is 11.6 Å². The molecule has 4 rings (SSSR count). The topological polar surface area (TPSA) is 17.8 Å². The van der Waals surface area contributed by atoms with E-state index in [2.05, 4.69) is 9.55 Å². The Balaban J connectivity index is 1.94. The van der Waals surface area contributed by atoms with Gasteiger partial charge in [-0.05, 0) is 35.9 Å².